The minimum Gasteiger partial charge on any atom is -0.479 e. The first-order valence-electron chi connectivity index (χ1n) is 7.30. The lowest BCUT2D eigenvalue weighted by Gasteiger charge is -2.14. The number of halogens is 2. The maximum absolute atomic E-state index is 13.4. The van der Waals surface area contributed by atoms with Crippen LogP contribution in [0, 0.1) is 11.6 Å². The van der Waals surface area contributed by atoms with Crippen molar-refractivity contribution < 1.29 is 22.8 Å². The van der Waals surface area contributed by atoms with E-state index in [1.165, 1.54) is 12.1 Å². The van der Waals surface area contributed by atoms with Gasteiger partial charge in [-0.15, -0.1) is 0 Å². The van der Waals surface area contributed by atoms with E-state index >= 15 is 0 Å². The van der Waals surface area contributed by atoms with Gasteiger partial charge in [-0.3, -0.25) is 4.79 Å². The van der Waals surface area contributed by atoms with Gasteiger partial charge in [-0.2, -0.15) is 0 Å². The van der Waals surface area contributed by atoms with Crippen LogP contribution >= 0.6 is 0 Å². The second kappa shape index (κ2) is 7.71. The molecular formula is C16H18F2N2O3. The van der Waals surface area contributed by atoms with E-state index < -0.39 is 17.4 Å². The van der Waals surface area contributed by atoms with E-state index in [0.29, 0.717) is 6.54 Å². The van der Waals surface area contributed by atoms with Crippen molar-refractivity contribution in [3.05, 3.63) is 47.4 Å². The van der Waals surface area contributed by atoms with Gasteiger partial charge in [-0.1, -0.05) is 24.6 Å². The molecule has 1 aromatic heterocycles. The Bertz CT molecular complexity index is 653. The summed E-state index contributed by atoms with van der Waals surface area (Å²) in [6, 6.07) is 4.84. The summed E-state index contributed by atoms with van der Waals surface area (Å²) in [6.45, 7) is 2.43. The summed E-state index contributed by atoms with van der Waals surface area (Å²) in [5.41, 5.74) is 0.135. The predicted molar refractivity (Wildman–Crippen MR) is 79.1 cm³/mol. The molecule has 0 unspecified atom stereocenters. The molecule has 0 bridgehead atoms. The van der Waals surface area contributed by atoms with Crippen molar-refractivity contribution in [3.63, 3.8) is 0 Å². The van der Waals surface area contributed by atoms with Crippen LogP contribution in [0.3, 0.4) is 0 Å². The third kappa shape index (κ3) is 4.28. The molecule has 0 aliphatic rings. The number of nitrogens with zero attached hydrogens (tertiary/aromatic N) is 2. The number of unbranched alkanes of at least 4 members (excludes halogenated alkanes) is 1. The Morgan fingerprint density at radius 3 is 2.70 bits per heavy atom. The zero-order valence-electron chi connectivity index (χ0n) is 13.0. The summed E-state index contributed by atoms with van der Waals surface area (Å²) in [6.07, 6.45) is 1.87. The molecule has 0 aliphatic heterocycles. The van der Waals surface area contributed by atoms with Gasteiger partial charge >= 0.3 is 0 Å². The van der Waals surface area contributed by atoms with Crippen LogP contribution in [-0.2, 0) is 6.61 Å². The zero-order chi connectivity index (χ0) is 16.8. The number of carbonyl (C=O) groups is 1. The lowest BCUT2D eigenvalue weighted by Crippen LogP contribution is -2.27. The summed E-state index contributed by atoms with van der Waals surface area (Å²) in [4.78, 5) is 13.6. The molecule has 23 heavy (non-hydrogen) atoms. The van der Waals surface area contributed by atoms with E-state index in [2.05, 4.69) is 5.16 Å². The standard InChI is InChI=1S/C16H18F2N2O3/c1-3-4-8-20(2)16(21)14-9-11(23-19-14)10-22-15-12(17)6-5-7-13(15)18/h5-7,9H,3-4,8,10H2,1-2H3. The fourth-order valence-electron chi connectivity index (χ4n) is 1.94. The molecule has 7 heteroatoms. The van der Waals surface area contributed by atoms with Crippen molar-refractivity contribution in [2.24, 2.45) is 0 Å². The lowest BCUT2D eigenvalue weighted by molar-refractivity contribution is 0.0782. The Morgan fingerprint density at radius 2 is 2.04 bits per heavy atom. The average Bonchev–Trinajstić information content (AvgIpc) is 3.00. The molecule has 0 aliphatic carbocycles. The molecule has 0 radical (unpaired) electrons. The van der Waals surface area contributed by atoms with Gasteiger partial charge in [0.25, 0.3) is 5.91 Å². The van der Waals surface area contributed by atoms with Crippen molar-refractivity contribution in [1.29, 1.82) is 0 Å². The summed E-state index contributed by atoms with van der Waals surface area (Å²) in [7, 11) is 1.68. The van der Waals surface area contributed by atoms with E-state index in [0.717, 1.165) is 25.0 Å². The minimum atomic E-state index is -0.805. The summed E-state index contributed by atoms with van der Waals surface area (Å²) in [5.74, 6) is -2.16. The molecule has 1 amide bonds. The smallest absolute Gasteiger partial charge is 0.275 e. The van der Waals surface area contributed by atoms with Crippen molar-refractivity contribution in [1.82, 2.24) is 10.1 Å². The molecular weight excluding hydrogens is 306 g/mol. The second-order valence-electron chi connectivity index (χ2n) is 5.10. The van der Waals surface area contributed by atoms with Crippen molar-refractivity contribution >= 4 is 5.91 Å². The highest BCUT2D eigenvalue weighted by atomic mass is 19.1. The Balaban J connectivity index is 1.98. The largest absolute Gasteiger partial charge is 0.479 e. The highest BCUT2D eigenvalue weighted by Crippen LogP contribution is 2.22. The Labute approximate surface area is 132 Å². The molecule has 0 spiro atoms. The number of hydrogen-bond donors (Lipinski definition) is 0. The quantitative estimate of drug-likeness (QED) is 0.783. The van der Waals surface area contributed by atoms with Gasteiger partial charge in [0, 0.05) is 19.7 Å². The van der Waals surface area contributed by atoms with Crippen LogP contribution in [0.1, 0.15) is 36.0 Å². The van der Waals surface area contributed by atoms with E-state index in [-0.39, 0.29) is 24.0 Å². The molecule has 5 nitrogen and oxygen atoms in total. The van der Waals surface area contributed by atoms with Crippen molar-refractivity contribution in [2.45, 2.75) is 26.4 Å². The third-order valence-electron chi connectivity index (χ3n) is 3.25. The first kappa shape index (κ1) is 16.9. The summed E-state index contributed by atoms with van der Waals surface area (Å²) < 4.78 is 36.9. The van der Waals surface area contributed by atoms with Gasteiger partial charge in [0.1, 0.15) is 6.61 Å². The molecule has 0 atom stereocenters. The molecule has 0 N–H and O–H groups in total. The van der Waals surface area contributed by atoms with Gasteiger partial charge in [0.2, 0.25) is 0 Å². The van der Waals surface area contributed by atoms with Gasteiger partial charge in [0.05, 0.1) is 0 Å². The molecule has 2 aromatic rings. The number of carbonyl (C=O) groups excluding carboxylic acids is 1. The van der Waals surface area contributed by atoms with Crippen molar-refractivity contribution in [2.75, 3.05) is 13.6 Å². The number of rotatable bonds is 7. The minimum absolute atomic E-state index is 0.135. The normalized spacial score (nSPS) is 10.6. The Hall–Kier alpha value is -2.44. The Kier molecular flexibility index (Phi) is 5.67. The summed E-state index contributed by atoms with van der Waals surface area (Å²) in [5, 5.41) is 3.67. The second-order valence-corrected chi connectivity index (χ2v) is 5.10. The van der Waals surface area contributed by atoms with Crippen LogP contribution in [0.15, 0.2) is 28.8 Å². The van der Waals surface area contributed by atoms with E-state index in [4.69, 9.17) is 9.26 Å². The van der Waals surface area contributed by atoms with Crippen LogP contribution in [0.25, 0.3) is 0 Å². The van der Waals surface area contributed by atoms with E-state index in [1.54, 1.807) is 11.9 Å². The highest BCUT2D eigenvalue weighted by Gasteiger charge is 2.17. The fraction of sp³-hybridized carbons (Fsp3) is 0.375. The molecule has 0 saturated heterocycles. The van der Waals surface area contributed by atoms with Gasteiger partial charge < -0.3 is 14.2 Å². The number of para-hydroxylation sites is 1. The van der Waals surface area contributed by atoms with Crippen LogP contribution in [-0.4, -0.2) is 29.6 Å². The average molecular weight is 324 g/mol. The third-order valence-corrected chi connectivity index (χ3v) is 3.25. The number of ether oxygens (including phenoxy) is 1. The highest BCUT2D eigenvalue weighted by molar-refractivity contribution is 5.92. The zero-order valence-corrected chi connectivity index (χ0v) is 13.0. The molecule has 0 fully saturated rings. The first-order valence-corrected chi connectivity index (χ1v) is 7.30. The van der Waals surface area contributed by atoms with E-state index in [9.17, 15) is 13.6 Å². The van der Waals surface area contributed by atoms with E-state index in [1.807, 2.05) is 6.92 Å². The van der Waals surface area contributed by atoms with Crippen LogP contribution < -0.4 is 4.74 Å². The monoisotopic (exact) mass is 324 g/mol. The summed E-state index contributed by atoms with van der Waals surface area (Å²) >= 11 is 0. The molecule has 124 valence electrons. The number of benzene rings is 1. The lowest BCUT2D eigenvalue weighted by atomic mass is 10.3. The SMILES string of the molecule is CCCCN(C)C(=O)c1cc(COc2c(F)cccc2F)on1. The van der Waals surface area contributed by atoms with Crippen LogP contribution in [0.2, 0.25) is 0 Å². The molecule has 1 aromatic carbocycles. The topological polar surface area (TPSA) is 55.6 Å². The maximum atomic E-state index is 13.4. The predicted octanol–water partition coefficient (Wildman–Crippen LogP) is 3.40. The van der Waals surface area contributed by atoms with Gasteiger partial charge in [0.15, 0.2) is 28.8 Å². The van der Waals surface area contributed by atoms with Crippen LogP contribution in [0.4, 0.5) is 8.78 Å². The van der Waals surface area contributed by atoms with Gasteiger partial charge in [-0.25, -0.2) is 8.78 Å². The Morgan fingerprint density at radius 1 is 1.35 bits per heavy atom. The number of amides is 1. The first-order chi connectivity index (χ1) is 11.0. The maximum Gasteiger partial charge on any atom is 0.275 e. The number of hydrogen-bond acceptors (Lipinski definition) is 4. The molecule has 1 heterocycles. The van der Waals surface area contributed by atoms with Crippen LogP contribution in [0.5, 0.6) is 5.75 Å². The molecule has 0 saturated carbocycles. The molecule has 2 rings (SSSR count). The fourth-order valence-corrected chi connectivity index (χ4v) is 1.94. The number of aromatic nitrogens is 1. The van der Waals surface area contributed by atoms with Gasteiger partial charge in [-0.05, 0) is 18.6 Å². The van der Waals surface area contributed by atoms with Crippen molar-refractivity contribution in [3.8, 4) is 5.75 Å².